The van der Waals surface area contributed by atoms with Crippen LogP contribution < -0.4 is 5.32 Å². The van der Waals surface area contributed by atoms with Crippen molar-refractivity contribution in [2.45, 2.75) is 6.54 Å². The Kier molecular flexibility index (Phi) is 3.31. The molecule has 2 rings (SSSR count). The molecule has 4 nitrogen and oxygen atoms in total. The van der Waals surface area contributed by atoms with E-state index in [9.17, 15) is 0 Å². The van der Waals surface area contributed by atoms with Gasteiger partial charge >= 0.3 is 0 Å². The lowest BCUT2D eigenvalue weighted by Crippen LogP contribution is -2.06. The molecule has 0 amide bonds. The van der Waals surface area contributed by atoms with Gasteiger partial charge in [-0.15, -0.1) is 10.2 Å². The summed E-state index contributed by atoms with van der Waals surface area (Å²) in [5.74, 6) is 0.816. The number of aryl methyl sites for hydroxylation is 1. The van der Waals surface area contributed by atoms with Crippen LogP contribution in [0.1, 0.15) is 5.82 Å². The van der Waals surface area contributed by atoms with Gasteiger partial charge in [-0.2, -0.15) is 0 Å². The molecule has 0 aliphatic rings. The van der Waals surface area contributed by atoms with Crippen LogP contribution in [0.25, 0.3) is 0 Å². The van der Waals surface area contributed by atoms with E-state index in [0.29, 0.717) is 22.3 Å². The van der Waals surface area contributed by atoms with E-state index in [2.05, 4.69) is 15.5 Å². The molecule has 1 heterocycles. The Labute approximate surface area is 103 Å². The number of para-hydroxylation sites is 1. The monoisotopic (exact) mass is 256 g/mol. The first kappa shape index (κ1) is 11.2. The number of nitrogens with one attached hydrogen (secondary N) is 1. The third kappa shape index (κ3) is 2.28. The van der Waals surface area contributed by atoms with E-state index in [0.717, 1.165) is 5.82 Å². The third-order valence-electron chi connectivity index (χ3n) is 2.19. The smallest absolute Gasteiger partial charge is 0.151 e. The Hall–Kier alpha value is -1.26. The minimum Gasteiger partial charge on any atom is -0.375 e. The van der Waals surface area contributed by atoms with Crippen molar-refractivity contribution in [3.63, 3.8) is 0 Å². The van der Waals surface area contributed by atoms with E-state index >= 15 is 0 Å². The molecule has 0 saturated heterocycles. The summed E-state index contributed by atoms with van der Waals surface area (Å²) in [6.07, 6.45) is 1.64. The lowest BCUT2D eigenvalue weighted by atomic mass is 10.3. The molecule has 0 radical (unpaired) electrons. The summed E-state index contributed by atoms with van der Waals surface area (Å²) in [6.45, 7) is 0.528. The van der Waals surface area contributed by atoms with Gasteiger partial charge in [0, 0.05) is 7.05 Å². The van der Waals surface area contributed by atoms with E-state index in [-0.39, 0.29) is 0 Å². The van der Waals surface area contributed by atoms with Gasteiger partial charge in [0.25, 0.3) is 0 Å². The van der Waals surface area contributed by atoms with Gasteiger partial charge in [0.15, 0.2) is 5.82 Å². The minimum atomic E-state index is 0.528. The molecule has 2 aromatic rings. The standard InChI is InChI=1S/C10H10Cl2N4/c1-16-6-14-15-9(16)5-13-10-7(11)3-2-4-8(10)12/h2-4,6,13H,5H2,1H3. The fourth-order valence-electron chi connectivity index (χ4n) is 1.30. The van der Waals surface area contributed by atoms with Crippen molar-refractivity contribution in [3.05, 3.63) is 40.4 Å². The highest BCUT2D eigenvalue weighted by molar-refractivity contribution is 6.39. The summed E-state index contributed by atoms with van der Waals surface area (Å²) in [5.41, 5.74) is 0.717. The molecule has 0 aliphatic heterocycles. The van der Waals surface area contributed by atoms with Crippen LogP contribution in [-0.2, 0) is 13.6 Å². The topological polar surface area (TPSA) is 42.7 Å². The minimum absolute atomic E-state index is 0.528. The van der Waals surface area contributed by atoms with Crippen molar-refractivity contribution in [2.75, 3.05) is 5.32 Å². The zero-order valence-corrected chi connectivity index (χ0v) is 10.1. The van der Waals surface area contributed by atoms with Gasteiger partial charge in [0.1, 0.15) is 6.33 Å². The van der Waals surface area contributed by atoms with Gasteiger partial charge in [-0.1, -0.05) is 29.3 Å². The predicted molar refractivity (Wildman–Crippen MR) is 64.8 cm³/mol. The molecule has 0 unspecified atom stereocenters. The molecule has 6 heteroatoms. The molecule has 16 heavy (non-hydrogen) atoms. The van der Waals surface area contributed by atoms with E-state index in [1.54, 1.807) is 24.5 Å². The zero-order valence-electron chi connectivity index (χ0n) is 8.61. The Morgan fingerprint density at radius 3 is 2.56 bits per heavy atom. The van der Waals surface area contributed by atoms with Crippen molar-refractivity contribution in [3.8, 4) is 0 Å². The molecular weight excluding hydrogens is 247 g/mol. The Balaban J connectivity index is 2.14. The highest BCUT2D eigenvalue weighted by Crippen LogP contribution is 2.29. The highest BCUT2D eigenvalue weighted by atomic mass is 35.5. The maximum absolute atomic E-state index is 6.02. The van der Waals surface area contributed by atoms with Gasteiger partial charge in [0.2, 0.25) is 0 Å². The molecule has 0 aliphatic carbocycles. The van der Waals surface area contributed by atoms with Crippen LogP contribution in [0.3, 0.4) is 0 Å². The average molecular weight is 257 g/mol. The van der Waals surface area contributed by atoms with Crippen LogP contribution in [0.4, 0.5) is 5.69 Å². The lowest BCUT2D eigenvalue weighted by molar-refractivity contribution is 0.812. The van der Waals surface area contributed by atoms with Crippen LogP contribution in [-0.4, -0.2) is 14.8 Å². The second-order valence-corrected chi connectivity index (χ2v) is 4.12. The summed E-state index contributed by atoms with van der Waals surface area (Å²) in [6, 6.07) is 5.37. The molecule has 84 valence electrons. The molecule has 0 saturated carbocycles. The molecule has 1 aromatic carbocycles. The maximum atomic E-state index is 6.02. The molecule has 0 spiro atoms. The van der Waals surface area contributed by atoms with E-state index in [1.165, 1.54) is 0 Å². The molecule has 1 N–H and O–H groups in total. The quantitative estimate of drug-likeness (QED) is 0.919. The number of hydrogen-bond acceptors (Lipinski definition) is 3. The number of benzene rings is 1. The molecule has 0 bridgehead atoms. The normalized spacial score (nSPS) is 10.4. The first-order valence-corrected chi connectivity index (χ1v) is 5.45. The number of hydrogen-bond donors (Lipinski definition) is 1. The van der Waals surface area contributed by atoms with Crippen molar-refractivity contribution >= 4 is 28.9 Å². The first-order valence-electron chi connectivity index (χ1n) is 4.69. The number of nitrogens with zero attached hydrogens (tertiary/aromatic N) is 3. The van der Waals surface area contributed by atoms with Crippen molar-refractivity contribution < 1.29 is 0 Å². The van der Waals surface area contributed by atoms with Crippen LogP contribution >= 0.6 is 23.2 Å². The number of halogens is 2. The second-order valence-electron chi connectivity index (χ2n) is 3.31. The van der Waals surface area contributed by atoms with Gasteiger partial charge in [0.05, 0.1) is 22.3 Å². The molecule has 1 aromatic heterocycles. The Bertz CT molecular complexity index is 475. The van der Waals surface area contributed by atoms with Gasteiger partial charge in [-0.25, -0.2) is 0 Å². The summed E-state index contributed by atoms with van der Waals surface area (Å²) >= 11 is 12.0. The molecule has 0 fully saturated rings. The highest BCUT2D eigenvalue weighted by Gasteiger charge is 2.06. The largest absolute Gasteiger partial charge is 0.375 e. The van der Waals surface area contributed by atoms with Gasteiger partial charge < -0.3 is 9.88 Å². The first-order chi connectivity index (χ1) is 7.68. The van der Waals surface area contributed by atoms with Crippen LogP contribution in [0.5, 0.6) is 0 Å². The Morgan fingerprint density at radius 2 is 2.00 bits per heavy atom. The average Bonchev–Trinajstić information content (AvgIpc) is 2.64. The number of anilines is 1. The van der Waals surface area contributed by atoms with Crippen LogP contribution in [0.2, 0.25) is 10.0 Å². The maximum Gasteiger partial charge on any atom is 0.151 e. The van der Waals surface area contributed by atoms with Crippen molar-refractivity contribution in [1.82, 2.24) is 14.8 Å². The fourth-order valence-corrected chi connectivity index (χ4v) is 1.83. The molecule has 0 atom stereocenters. The van der Waals surface area contributed by atoms with Crippen LogP contribution in [0, 0.1) is 0 Å². The summed E-state index contributed by atoms with van der Waals surface area (Å²) in [4.78, 5) is 0. The third-order valence-corrected chi connectivity index (χ3v) is 2.82. The Morgan fingerprint density at radius 1 is 1.31 bits per heavy atom. The van der Waals surface area contributed by atoms with E-state index < -0.39 is 0 Å². The lowest BCUT2D eigenvalue weighted by Gasteiger charge is -2.09. The van der Waals surface area contributed by atoms with Crippen molar-refractivity contribution in [2.24, 2.45) is 7.05 Å². The molecular formula is C10H10Cl2N4. The number of aromatic nitrogens is 3. The SMILES string of the molecule is Cn1cnnc1CNc1c(Cl)cccc1Cl. The summed E-state index contributed by atoms with van der Waals surface area (Å²) < 4.78 is 1.83. The van der Waals surface area contributed by atoms with E-state index in [1.807, 2.05) is 11.6 Å². The predicted octanol–water partition coefficient (Wildman–Crippen LogP) is 2.73. The van der Waals surface area contributed by atoms with Gasteiger partial charge in [-0.3, -0.25) is 0 Å². The number of rotatable bonds is 3. The zero-order chi connectivity index (χ0) is 11.5. The summed E-state index contributed by atoms with van der Waals surface area (Å²) in [5, 5.41) is 12.1. The fraction of sp³-hybridized carbons (Fsp3) is 0.200. The summed E-state index contributed by atoms with van der Waals surface area (Å²) in [7, 11) is 1.88. The van der Waals surface area contributed by atoms with Gasteiger partial charge in [-0.05, 0) is 12.1 Å². The van der Waals surface area contributed by atoms with Crippen LogP contribution in [0.15, 0.2) is 24.5 Å². The van der Waals surface area contributed by atoms with Crippen molar-refractivity contribution in [1.29, 1.82) is 0 Å². The van der Waals surface area contributed by atoms with E-state index in [4.69, 9.17) is 23.2 Å². The second kappa shape index (κ2) is 4.72.